The number of hydrogen-bond acceptors (Lipinski definition) is 6. The van der Waals surface area contributed by atoms with E-state index in [0.29, 0.717) is 32.8 Å². The van der Waals surface area contributed by atoms with Crippen molar-refractivity contribution >= 4 is 51.7 Å². The summed E-state index contributed by atoms with van der Waals surface area (Å²) < 4.78 is 2.03. The number of aromatic nitrogens is 2. The quantitative estimate of drug-likeness (QED) is 0.627. The first kappa shape index (κ1) is 18.6. The molecule has 0 aromatic carbocycles. The van der Waals surface area contributed by atoms with Crippen LogP contribution < -0.4 is 10.9 Å². The van der Waals surface area contributed by atoms with Crippen LogP contribution in [0.2, 0.25) is 0 Å². The van der Waals surface area contributed by atoms with Gasteiger partial charge in [0.25, 0.3) is 11.5 Å². The van der Waals surface area contributed by atoms with E-state index in [9.17, 15) is 9.59 Å². The summed E-state index contributed by atoms with van der Waals surface area (Å²) in [6, 6.07) is 3.71. The molecule has 0 atom stereocenters. The number of carbonyl (C=O) groups is 1. The number of nitrogens with zero attached hydrogens (tertiary/aromatic N) is 3. The van der Waals surface area contributed by atoms with Gasteiger partial charge in [0.2, 0.25) is 0 Å². The molecule has 1 fully saturated rings. The lowest BCUT2D eigenvalue weighted by Gasteiger charge is -2.13. The summed E-state index contributed by atoms with van der Waals surface area (Å²) >= 11 is 6.55. The van der Waals surface area contributed by atoms with Gasteiger partial charge >= 0.3 is 0 Å². The first-order valence-electron chi connectivity index (χ1n) is 8.43. The Kier molecular flexibility index (Phi) is 5.43. The number of fused-ring (bicyclic) bond motifs is 1. The molecule has 2 aromatic heterocycles. The maximum Gasteiger partial charge on any atom is 0.267 e. The second-order valence-electron chi connectivity index (χ2n) is 6.00. The predicted octanol–water partition coefficient (Wildman–Crippen LogP) is 3.05. The third-order valence-corrected chi connectivity index (χ3v) is 5.58. The summed E-state index contributed by atoms with van der Waals surface area (Å²) in [7, 11) is 1.71. The smallest absolute Gasteiger partial charge is 0.267 e. The maximum absolute atomic E-state index is 13.0. The third kappa shape index (κ3) is 3.26. The topological polar surface area (TPSA) is 66.7 Å². The highest BCUT2D eigenvalue weighted by atomic mass is 32.2. The van der Waals surface area contributed by atoms with Crippen LogP contribution in [-0.4, -0.2) is 38.1 Å². The minimum absolute atomic E-state index is 0.149. The van der Waals surface area contributed by atoms with E-state index in [4.69, 9.17) is 12.2 Å². The van der Waals surface area contributed by atoms with Crippen LogP contribution in [0.3, 0.4) is 0 Å². The Bertz CT molecular complexity index is 981. The highest BCUT2D eigenvalue weighted by Crippen LogP contribution is 2.33. The number of unbranched alkanes of at least 4 members (excludes halogenated alkanes) is 1. The van der Waals surface area contributed by atoms with Crippen LogP contribution in [-0.2, 0) is 4.79 Å². The minimum atomic E-state index is -0.220. The molecule has 1 aliphatic rings. The van der Waals surface area contributed by atoms with E-state index in [-0.39, 0.29) is 11.5 Å². The van der Waals surface area contributed by atoms with E-state index in [1.807, 2.05) is 13.0 Å². The van der Waals surface area contributed by atoms with Gasteiger partial charge in [0.15, 0.2) is 0 Å². The molecule has 136 valence electrons. The van der Waals surface area contributed by atoms with Crippen LogP contribution in [0, 0.1) is 6.92 Å². The molecule has 1 amide bonds. The normalized spacial score (nSPS) is 16.1. The summed E-state index contributed by atoms with van der Waals surface area (Å²) in [6.45, 7) is 4.57. The molecule has 3 rings (SSSR count). The van der Waals surface area contributed by atoms with Crippen molar-refractivity contribution in [1.82, 2.24) is 14.3 Å². The van der Waals surface area contributed by atoms with Crippen molar-refractivity contribution < 1.29 is 4.79 Å². The largest absolute Gasteiger partial charge is 0.372 e. The Balaban J connectivity index is 2.10. The van der Waals surface area contributed by atoms with Crippen LogP contribution in [0.15, 0.2) is 28.0 Å². The molecule has 0 bridgehead atoms. The third-order valence-electron chi connectivity index (χ3n) is 4.21. The van der Waals surface area contributed by atoms with Crippen molar-refractivity contribution in [2.75, 3.05) is 18.9 Å². The number of thiocarbonyl (C=S) groups is 1. The van der Waals surface area contributed by atoms with Gasteiger partial charge in [0.1, 0.15) is 15.8 Å². The number of pyridine rings is 1. The lowest BCUT2D eigenvalue weighted by molar-refractivity contribution is -0.122. The number of carbonyl (C=O) groups excluding carboxylic acids is 1. The fourth-order valence-electron chi connectivity index (χ4n) is 2.77. The molecule has 0 unspecified atom stereocenters. The van der Waals surface area contributed by atoms with E-state index in [0.717, 1.165) is 18.4 Å². The maximum atomic E-state index is 13.0. The standard InChI is InChI=1S/C18H20N4O2S2/c1-4-5-8-22-17(24)13(26-18(22)25)10-12-14(19-3)20-15-11(2)7-6-9-21(15)16(12)23/h6-7,9-10,19H,4-5,8H2,1-3H3. The molecule has 0 radical (unpaired) electrons. The molecule has 0 saturated carbocycles. The summed E-state index contributed by atoms with van der Waals surface area (Å²) in [4.78, 5) is 32.2. The fraction of sp³-hybridized carbons (Fsp3) is 0.333. The Hall–Kier alpha value is -2.19. The van der Waals surface area contributed by atoms with E-state index in [2.05, 4.69) is 17.2 Å². The summed E-state index contributed by atoms with van der Waals surface area (Å²) in [6.07, 6.45) is 5.15. The molecule has 6 nitrogen and oxygen atoms in total. The lowest BCUT2D eigenvalue weighted by atomic mass is 10.2. The molecule has 26 heavy (non-hydrogen) atoms. The van der Waals surface area contributed by atoms with E-state index in [1.54, 1.807) is 30.3 Å². The van der Waals surface area contributed by atoms with Gasteiger partial charge in [0.05, 0.1) is 10.5 Å². The Morgan fingerprint density at radius 2 is 2.15 bits per heavy atom. The zero-order valence-corrected chi connectivity index (χ0v) is 16.5. The van der Waals surface area contributed by atoms with Gasteiger partial charge in [-0.25, -0.2) is 4.98 Å². The number of nitrogens with one attached hydrogen (secondary N) is 1. The Labute approximate surface area is 161 Å². The highest BCUT2D eigenvalue weighted by Gasteiger charge is 2.32. The average Bonchev–Trinajstić information content (AvgIpc) is 2.89. The molecule has 0 aliphatic carbocycles. The molecule has 1 aliphatic heterocycles. The second-order valence-corrected chi connectivity index (χ2v) is 7.68. The molecule has 2 aromatic rings. The SMILES string of the molecule is CCCCN1C(=O)C(=Cc2c(NC)nc3c(C)cccn3c2=O)SC1=S. The number of amides is 1. The van der Waals surface area contributed by atoms with Crippen molar-refractivity contribution in [3.05, 3.63) is 44.7 Å². The van der Waals surface area contributed by atoms with Crippen LogP contribution in [0.25, 0.3) is 11.7 Å². The van der Waals surface area contributed by atoms with Crippen LogP contribution in [0.5, 0.6) is 0 Å². The zero-order chi connectivity index (χ0) is 18.8. The van der Waals surface area contributed by atoms with Gasteiger partial charge in [-0.2, -0.15) is 0 Å². The predicted molar refractivity (Wildman–Crippen MR) is 111 cm³/mol. The van der Waals surface area contributed by atoms with Crippen LogP contribution in [0.4, 0.5) is 5.82 Å². The first-order chi connectivity index (χ1) is 12.5. The van der Waals surface area contributed by atoms with Gasteiger partial charge in [0, 0.05) is 19.8 Å². The molecule has 1 saturated heterocycles. The van der Waals surface area contributed by atoms with Crippen molar-refractivity contribution in [1.29, 1.82) is 0 Å². The molecule has 0 spiro atoms. The van der Waals surface area contributed by atoms with E-state index < -0.39 is 0 Å². The molecule has 3 heterocycles. The number of anilines is 1. The molecule has 1 N–H and O–H groups in total. The zero-order valence-electron chi connectivity index (χ0n) is 14.9. The van der Waals surface area contributed by atoms with Crippen molar-refractivity contribution in [3.63, 3.8) is 0 Å². The number of thioether (sulfide) groups is 1. The fourth-order valence-corrected chi connectivity index (χ4v) is 4.06. The van der Waals surface area contributed by atoms with E-state index >= 15 is 0 Å². The molecular weight excluding hydrogens is 368 g/mol. The van der Waals surface area contributed by atoms with Gasteiger partial charge in [-0.05, 0) is 31.1 Å². The van der Waals surface area contributed by atoms with Crippen molar-refractivity contribution in [2.24, 2.45) is 0 Å². The van der Waals surface area contributed by atoms with Crippen LogP contribution >= 0.6 is 24.0 Å². The van der Waals surface area contributed by atoms with Gasteiger partial charge in [-0.15, -0.1) is 0 Å². The van der Waals surface area contributed by atoms with Gasteiger partial charge in [-0.1, -0.05) is 43.4 Å². The van der Waals surface area contributed by atoms with Gasteiger partial charge in [-0.3, -0.25) is 18.9 Å². The first-order valence-corrected chi connectivity index (χ1v) is 9.65. The van der Waals surface area contributed by atoms with Crippen molar-refractivity contribution in [2.45, 2.75) is 26.7 Å². The number of rotatable bonds is 5. The Morgan fingerprint density at radius 3 is 2.85 bits per heavy atom. The average molecular weight is 389 g/mol. The summed E-state index contributed by atoms with van der Waals surface area (Å²) in [5.74, 6) is 0.298. The van der Waals surface area contributed by atoms with E-state index in [1.165, 1.54) is 16.2 Å². The lowest BCUT2D eigenvalue weighted by Crippen LogP contribution is -2.29. The molecule has 8 heteroatoms. The molecular formula is C18H20N4O2S2. The highest BCUT2D eigenvalue weighted by molar-refractivity contribution is 8.26. The Morgan fingerprint density at radius 1 is 1.38 bits per heavy atom. The number of hydrogen-bond donors (Lipinski definition) is 1. The minimum Gasteiger partial charge on any atom is -0.372 e. The van der Waals surface area contributed by atoms with Crippen LogP contribution in [0.1, 0.15) is 30.9 Å². The van der Waals surface area contributed by atoms with Crippen molar-refractivity contribution in [3.8, 4) is 0 Å². The van der Waals surface area contributed by atoms with Gasteiger partial charge < -0.3 is 5.32 Å². The monoisotopic (exact) mass is 388 g/mol. The number of aryl methyl sites for hydroxylation is 1. The second kappa shape index (κ2) is 7.59. The summed E-state index contributed by atoms with van der Waals surface area (Å²) in [5.41, 5.74) is 1.63. The summed E-state index contributed by atoms with van der Waals surface area (Å²) in [5, 5.41) is 2.97.